The number of hydrogen-bond donors (Lipinski definition) is 2. The summed E-state index contributed by atoms with van der Waals surface area (Å²) < 4.78 is 7.15. The first-order valence-electron chi connectivity index (χ1n) is 11.1. The highest BCUT2D eigenvalue weighted by Gasteiger charge is 2.30. The van der Waals surface area contributed by atoms with Gasteiger partial charge in [0.1, 0.15) is 11.3 Å². The lowest BCUT2D eigenvalue weighted by Gasteiger charge is -2.14. The van der Waals surface area contributed by atoms with E-state index >= 15 is 0 Å². The number of nitro groups is 3. The molecule has 0 fully saturated rings. The van der Waals surface area contributed by atoms with Crippen LogP contribution in [0.1, 0.15) is 19.4 Å². The summed E-state index contributed by atoms with van der Waals surface area (Å²) in [5.41, 5.74) is 0.117. The second kappa shape index (κ2) is 12.1. The van der Waals surface area contributed by atoms with E-state index in [0.717, 1.165) is 35.4 Å². The molecule has 4 aromatic rings. The number of phenolic OH excluding ortho intramolecular Hbond substituents is 1. The SMILES string of the molecule is COc1ccc(NCCC(C)n2nnc3ccccc32)cc1.O=[N+]([O-])c1cc([N+](=O)[O-])c(O)c([N+](=O)[O-])c1. The molecule has 198 valence electrons. The van der Waals surface area contributed by atoms with Crippen molar-refractivity contribution >= 4 is 33.8 Å². The summed E-state index contributed by atoms with van der Waals surface area (Å²) in [4.78, 5) is 27.8. The summed E-state index contributed by atoms with van der Waals surface area (Å²) in [6.45, 7) is 3.04. The smallest absolute Gasteiger partial charge is 0.324 e. The van der Waals surface area contributed by atoms with E-state index in [1.165, 1.54) is 0 Å². The zero-order chi connectivity index (χ0) is 27.8. The largest absolute Gasteiger partial charge is 0.497 e. The van der Waals surface area contributed by atoms with Crippen molar-refractivity contribution in [2.45, 2.75) is 19.4 Å². The van der Waals surface area contributed by atoms with Crippen LogP contribution < -0.4 is 10.1 Å². The molecule has 1 unspecified atom stereocenters. The van der Waals surface area contributed by atoms with Gasteiger partial charge in [0.15, 0.2) is 0 Å². The third kappa shape index (κ3) is 6.45. The molecule has 0 radical (unpaired) electrons. The number of fused-ring (bicyclic) bond motifs is 1. The number of anilines is 1. The standard InChI is InChI=1S/C17H20N4O.C6H3N3O7/c1-13(21-17-6-4-3-5-16(17)19-20-21)11-12-18-14-7-9-15(22-2)10-8-14;10-6-4(8(13)14)1-3(7(11)12)2-5(6)9(15)16/h3-10,13,18H,11-12H2,1-2H3;1-2,10H. The van der Waals surface area contributed by atoms with E-state index in [-0.39, 0.29) is 6.04 Å². The Labute approximate surface area is 214 Å². The van der Waals surface area contributed by atoms with E-state index in [4.69, 9.17) is 9.84 Å². The van der Waals surface area contributed by atoms with Gasteiger partial charge in [-0.2, -0.15) is 0 Å². The van der Waals surface area contributed by atoms with Gasteiger partial charge >= 0.3 is 11.4 Å². The Hall–Kier alpha value is -5.34. The van der Waals surface area contributed by atoms with Crippen LogP contribution in [0, 0.1) is 30.3 Å². The summed E-state index contributed by atoms with van der Waals surface area (Å²) in [5, 5.41) is 52.1. The maximum absolute atomic E-state index is 10.4. The van der Waals surface area contributed by atoms with Gasteiger partial charge in [-0.3, -0.25) is 30.3 Å². The summed E-state index contributed by atoms with van der Waals surface area (Å²) in [7, 11) is 1.67. The van der Waals surface area contributed by atoms with Crippen LogP contribution in [0.3, 0.4) is 0 Å². The fourth-order valence-corrected chi connectivity index (χ4v) is 3.44. The topological polar surface area (TPSA) is 202 Å². The van der Waals surface area contributed by atoms with E-state index in [2.05, 4.69) is 28.6 Å². The quantitative estimate of drug-likeness (QED) is 0.228. The maximum atomic E-state index is 10.4. The first-order valence-corrected chi connectivity index (χ1v) is 11.1. The molecule has 1 aromatic heterocycles. The fraction of sp³-hybridized carbons (Fsp3) is 0.217. The number of para-hydroxylation sites is 1. The summed E-state index contributed by atoms with van der Waals surface area (Å²) >= 11 is 0. The predicted molar refractivity (Wildman–Crippen MR) is 136 cm³/mol. The molecule has 2 N–H and O–H groups in total. The number of ether oxygens (including phenoxy) is 1. The Morgan fingerprint density at radius 3 is 2.13 bits per heavy atom. The van der Waals surface area contributed by atoms with Crippen LogP contribution in [0.5, 0.6) is 11.5 Å². The molecule has 1 heterocycles. The molecule has 0 aliphatic carbocycles. The minimum absolute atomic E-state index is 0.290. The average Bonchev–Trinajstić information content (AvgIpc) is 3.33. The van der Waals surface area contributed by atoms with Crippen molar-refractivity contribution in [3.05, 3.63) is 91.0 Å². The Morgan fingerprint density at radius 1 is 0.974 bits per heavy atom. The maximum Gasteiger partial charge on any atom is 0.324 e. The predicted octanol–water partition coefficient (Wildman–Crippen LogP) is 4.62. The number of benzene rings is 3. The number of aromatic hydroxyl groups is 1. The van der Waals surface area contributed by atoms with Crippen LogP contribution in [-0.2, 0) is 0 Å². The molecule has 38 heavy (non-hydrogen) atoms. The lowest BCUT2D eigenvalue weighted by molar-refractivity contribution is -0.404. The van der Waals surface area contributed by atoms with Crippen molar-refractivity contribution < 1.29 is 24.6 Å². The molecular formula is C23H23N7O8. The lowest BCUT2D eigenvalue weighted by atomic mass is 10.2. The van der Waals surface area contributed by atoms with Gasteiger partial charge in [0.05, 0.1) is 45.6 Å². The molecule has 1 atom stereocenters. The number of nitrogens with one attached hydrogen (secondary N) is 1. The number of nitrogens with zero attached hydrogens (tertiary/aromatic N) is 6. The van der Waals surface area contributed by atoms with Gasteiger partial charge in [-0.1, -0.05) is 17.3 Å². The minimum Gasteiger partial charge on any atom is -0.497 e. The van der Waals surface area contributed by atoms with Crippen molar-refractivity contribution in [1.29, 1.82) is 0 Å². The zero-order valence-corrected chi connectivity index (χ0v) is 20.3. The molecule has 15 nitrogen and oxygen atoms in total. The molecule has 0 spiro atoms. The molecular weight excluding hydrogens is 502 g/mol. The Morgan fingerprint density at radius 2 is 1.58 bits per heavy atom. The number of aromatic nitrogens is 3. The number of nitro benzene ring substituents is 3. The first kappa shape index (κ1) is 27.3. The summed E-state index contributed by atoms with van der Waals surface area (Å²) in [6.07, 6.45) is 0.972. The van der Waals surface area contributed by atoms with Crippen molar-refractivity contribution in [3.8, 4) is 11.5 Å². The average molecular weight is 525 g/mol. The van der Waals surface area contributed by atoms with Crippen LogP contribution in [-0.4, -0.2) is 48.5 Å². The van der Waals surface area contributed by atoms with Crippen molar-refractivity contribution in [2.24, 2.45) is 0 Å². The third-order valence-corrected chi connectivity index (χ3v) is 5.43. The van der Waals surface area contributed by atoms with Gasteiger partial charge in [0, 0.05) is 12.2 Å². The van der Waals surface area contributed by atoms with E-state index in [1.807, 2.05) is 47.1 Å². The molecule has 0 bridgehead atoms. The minimum atomic E-state index is -1.21. The number of hydrogen-bond acceptors (Lipinski definition) is 11. The molecule has 0 aliphatic heterocycles. The van der Waals surface area contributed by atoms with E-state index in [0.29, 0.717) is 12.1 Å². The lowest BCUT2D eigenvalue weighted by Crippen LogP contribution is -2.12. The molecule has 0 saturated carbocycles. The molecule has 0 aliphatic rings. The van der Waals surface area contributed by atoms with Gasteiger partial charge in [-0.15, -0.1) is 5.10 Å². The molecule has 0 amide bonds. The second-order valence-corrected chi connectivity index (χ2v) is 7.92. The highest BCUT2D eigenvalue weighted by Crippen LogP contribution is 2.39. The van der Waals surface area contributed by atoms with E-state index in [1.54, 1.807) is 7.11 Å². The third-order valence-electron chi connectivity index (χ3n) is 5.43. The Bertz CT molecular complexity index is 1420. The molecule has 0 saturated heterocycles. The van der Waals surface area contributed by atoms with E-state index in [9.17, 15) is 30.3 Å². The second-order valence-electron chi connectivity index (χ2n) is 7.92. The number of phenols is 1. The fourth-order valence-electron chi connectivity index (χ4n) is 3.44. The van der Waals surface area contributed by atoms with Gasteiger partial charge in [0.25, 0.3) is 11.4 Å². The molecule has 15 heteroatoms. The van der Waals surface area contributed by atoms with Crippen LogP contribution in [0.2, 0.25) is 0 Å². The normalized spacial score (nSPS) is 11.2. The van der Waals surface area contributed by atoms with Crippen molar-refractivity contribution in [2.75, 3.05) is 19.0 Å². The van der Waals surface area contributed by atoms with Gasteiger partial charge in [0.2, 0.25) is 0 Å². The van der Waals surface area contributed by atoms with Crippen molar-refractivity contribution in [1.82, 2.24) is 15.0 Å². The van der Waals surface area contributed by atoms with Crippen LogP contribution in [0.15, 0.2) is 60.7 Å². The van der Waals surface area contributed by atoms with Crippen LogP contribution >= 0.6 is 0 Å². The van der Waals surface area contributed by atoms with Crippen molar-refractivity contribution in [3.63, 3.8) is 0 Å². The monoisotopic (exact) mass is 525 g/mol. The van der Waals surface area contributed by atoms with Gasteiger partial charge < -0.3 is 15.2 Å². The first-order chi connectivity index (χ1) is 18.1. The number of methoxy groups -OCH3 is 1. The zero-order valence-electron chi connectivity index (χ0n) is 20.3. The van der Waals surface area contributed by atoms with Crippen LogP contribution in [0.4, 0.5) is 22.7 Å². The van der Waals surface area contributed by atoms with E-state index < -0.39 is 37.6 Å². The number of non-ortho nitro benzene ring substituents is 1. The highest BCUT2D eigenvalue weighted by atomic mass is 16.6. The van der Waals surface area contributed by atoms with Gasteiger partial charge in [-0.25, -0.2) is 4.68 Å². The van der Waals surface area contributed by atoms with Gasteiger partial charge in [-0.05, 0) is 49.7 Å². The molecule has 3 aromatic carbocycles. The summed E-state index contributed by atoms with van der Waals surface area (Å²) in [5.74, 6) is -0.339. The Kier molecular flexibility index (Phi) is 8.65. The van der Waals surface area contributed by atoms with Crippen LogP contribution in [0.25, 0.3) is 11.0 Å². The highest BCUT2D eigenvalue weighted by molar-refractivity contribution is 5.74. The number of rotatable bonds is 9. The molecule has 4 rings (SSSR count). The summed E-state index contributed by atoms with van der Waals surface area (Å²) in [6, 6.07) is 17.2. The Balaban J connectivity index is 0.000000223.